The minimum atomic E-state index is -0.0372. The van der Waals surface area contributed by atoms with Crippen LogP contribution in [-0.4, -0.2) is 69.1 Å². The highest BCUT2D eigenvalue weighted by molar-refractivity contribution is 5.91. The maximum Gasteiger partial charge on any atom is 0.227 e. The van der Waals surface area contributed by atoms with E-state index in [9.17, 15) is 9.59 Å². The summed E-state index contributed by atoms with van der Waals surface area (Å²) in [6.45, 7) is 5.51. The normalized spacial score (nSPS) is 17.8. The number of hydrogen-bond acceptors (Lipinski definition) is 6. The number of rotatable bonds is 8. The van der Waals surface area contributed by atoms with Gasteiger partial charge < -0.3 is 29.3 Å². The van der Waals surface area contributed by atoms with E-state index in [-0.39, 0.29) is 17.7 Å². The van der Waals surface area contributed by atoms with Crippen LogP contribution in [0.15, 0.2) is 30.3 Å². The molecule has 1 saturated heterocycles. The molecule has 2 aliphatic heterocycles. The minimum Gasteiger partial charge on any atom is -0.496 e. The van der Waals surface area contributed by atoms with E-state index in [1.54, 1.807) is 21.3 Å². The highest BCUT2D eigenvalue weighted by atomic mass is 16.5. The van der Waals surface area contributed by atoms with Crippen LogP contribution >= 0.6 is 0 Å². The number of likely N-dealkylation sites (tertiary alicyclic amines) is 1. The standard InChI is InChI=1S/C28H37N3O5/c1-19-7-8-23(16-24(19)34-2)29-27(32)10-12-30-11-5-6-21(17-30)28(33)31-13-9-20-14-25(35-3)26(36-4)15-22(20)18-31/h7-8,14-16,21H,5-6,9-13,17-18H2,1-4H3,(H,29,32). The van der Waals surface area contributed by atoms with E-state index >= 15 is 0 Å². The molecule has 2 aromatic rings. The third kappa shape index (κ3) is 5.93. The molecule has 0 radical (unpaired) electrons. The average Bonchev–Trinajstić information content (AvgIpc) is 2.91. The Morgan fingerprint density at radius 1 is 0.972 bits per heavy atom. The number of carbonyl (C=O) groups is 2. The number of fused-ring (bicyclic) bond motifs is 1. The molecule has 1 atom stereocenters. The van der Waals surface area contributed by atoms with E-state index in [4.69, 9.17) is 14.2 Å². The van der Waals surface area contributed by atoms with Crippen LogP contribution in [0.4, 0.5) is 5.69 Å². The number of hydrogen-bond donors (Lipinski definition) is 1. The topological polar surface area (TPSA) is 80.3 Å². The summed E-state index contributed by atoms with van der Waals surface area (Å²) in [5.41, 5.74) is 4.08. The Morgan fingerprint density at radius 3 is 2.42 bits per heavy atom. The molecule has 0 bridgehead atoms. The summed E-state index contributed by atoms with van der Waals surface area (Å²) >= 11 is 0. The van der Waals surface area contributed by atoms with Gasteiger partial charge in [0.05, 0.1) is 27.2 Å². The van der Waals surface area contributed by atoms with E-state index in [1.165, 1.54) is 5.56 Å². The second-order valence-electron chi connectivity index (χ2n) is 9.61. The number of nitrogens with zero attached hydrogens (tertiary/aromatic N) is 2. The summed E-state index contributed by atoms with van der Waals surface area (Å²) in [5, 5.41) is 2.96. The molecule has 4 rings (SSSR count). The number of amides is 2. The van der Waals surface area contributed by atoms with Crippen molar-refractivity contribution in [1.29, 1.82) is 0 Å². The highest BCUT2D eigenvalue weighted by Crippen LogP contribution is 2.34. The average molecular weight is 496 g/mol. The van der Waals surface area contributed by atoms with Gasteiger partial charge in [0.25, 0.3) is 0 Å². The van der Waals surface area contributed by atoms with Gasteiger partial charge in [0.2, 0.25) is 11.8 Å². The summed E-state index contributed by atoms with van der Waals surface area (Å²) in [4.78, 5) is 30.2. The SMILES string of the molecule is COc1cc(NC(=O)CCN2CCCC(C(=O)N3CCc4cc(OC)c(OC)cc4C3)C2)ccc1C. The van der Waals surface area contributed by atoms with Gasteiger partial charge in [0.1, 0.15) is 5.75 Å². The van der Waals surface area contributed by atoms with Crippen LogP contribution in [-0.2, 0) is 22.6 Å². The molecule has 1 N–H and O–H groups in total. The predicted octanol–water partition coefficient (Wildman–Crippen LogP) is 3.65. The van der Waals surface area contributed by atoms with Crippen molar-refractivity contribution in [2.75, 3.05) is 52.8 Å². The fourth-order valence-electron chi connectivity index (χ4n) is 5.17. The number of anilines is 1. The Hall–Kier alpha value is -3.26. The van der Waals surface area contributed by atoms with E-state index < -0.39 is 0 Å². The molecule has 0 aromatic heterocycles. The number of nitrogens with one attached hydrogen (secondary N) is 1. The molecule has 194 valence electrons. The molecule has 0 spiro atoms. The van der Waals surface area contributed by atoms with Gasteiger partial charge >= 0.3 is 0 Å². The summed E-state index contributed by atoms with van der Waals surface area (Å²) in [6, 6.07) is 9.67. The van der Waals surface area contributed by atoms with Gasteiger partial charge in [-0.2, -0.15) is 0 Å². The van der Waals surface area contributed by atoms with Gasteiger partial charge in [-0.05, 0) is 67.6 Å². The lowest BCUT2D eigenvalue weighted by Gasteiger charge is -2.36. The summed E-state index contributed by atoms with van der Waals surface area (Å²) in [7, 11) is 4.89. The van der Waals surface area contributed by atoms with Crippen molar-refractivity contribution in [1.82, 2.24) is 9.80 Å². The Labute approximate surface area is 213 Å². The van der Waals surface area contributed by atoms with Crippen LogP contribution in [0.25, 0.3) is 0 Å². The van der Waals surface area contributed by atoms with Crippen LogP contribution < -0.4 is 19.5 Å². The zero-order valence-corrected chi connectivity index (χ0v) is 21.8. The van der Waals surface area contributed by atoms with Gasteiger partial charge in [-0.15, -0.1) is 0 Å². The van der Waals surface area contributed by atoms with Crippen molar-refractivity contribution in [2.45, 2.75) is 39.2 Å². The highest BCUT2D eigenvalue weighted by Gasteiger charge is 2.31. The second-order valence-corrected chi connectivity index (χ2v) is 9.61. The third-order valence-corrected chi connectivity index (χ3v) is 7.23. The molecule has 2 aromatic carbocycles. The smallest absolute Gasteiger partial charge is 0.227 e. The van der Waals surface area contributed by atoms with Crippen LogP contribution in [0.1, 0.15) is 36.0 Å². The van der Waals surface area contributed by atoms with Crippen molar-refractivity contribution in [3.63, 3.8) is 0 Å². The largest absolute Gasteiger partial charge is 0.496 e. The number of ether oxygens (including phenoxy) is 3. The van der Waals surface area contributed by atoms with E-state index in [2.05, 4.69) is 10.2 Å². The predicted molar refractivity (Wildman–Crippen MR) is 139 cm³/mol. The van der Waals surface area contributed by atoms with E-state index in [1.807, 2.05) is 42.2 Å². The molecule has 2 heterocycles. The zero-order valence-electron chi connectivity index (χ0n) is 21.8. The monoisotopic (exact) mass is 495 g/mol. The first-order valence-corrected chi connectivity index (χ1v) is 12.6. The fraction of sp³-hybridized carbons (Fsp3) is 0.500. The third-order valence-electron chi connectivity index (χ3n) is 7.23. The quantitative estimate of drug-likeness (QED) is 0.602. The second kappa shape index (κ2) is 11.6. The lowest BCUT2D eigenvalue weighted by atomic mass is 9.93. The van der Waals surface area contributed by atoms with Gasteiger partial charge in [0, 0.05) is 44.4 Å². The number of methoxy groups -OCH3 is 3. The molecule has 2 aliphatic rings. The molecule has 8 heteroatoms. The molecular weight excluding hydrogens is 458 g/mol. The maximum absolute atomic E-state index is 13.4. The van der Waals surface area contributed by atoms with Crippen LogP contribution in [0.5, 0.6) is 17.2 Å². The molecule has 0 saturated carbocycles. The number of aryl methyl sites for hydroxylation is 1. The number of carbonyl (C=O) groups excluding carboxylic acids is 2. The molecule has 8 nitrogen and oxygen atoms in total. The molecule has 1 fully saturated rings. The first-order chi connectivity index (χ1) is 17.4. The number of piperidine rings is 1. The van der Waals surface area contributed by atoms with Gasteiger partial charge in [0.15, 0.2) is 11.5 Å². The van der Waals surface area contributed by atoms with Gasteiger partial charge in [-0.1, -0.05) is 6.07 Å². The van der Waals surface area contributed by atoms with Crippen LogP contribution in [0, 0.1) is 12.8 Å². The van der Waals surface area contributed by atoms with Crippen molar-refractivity contribution >= 4 is 17.5 Å². The summed E-state index contributed by atoms with van der Waals surface area (Å²) in [5.74, 6) is 2.30. The van der Waals surface area contributed by atoms with Gasteiger partial charge in [-0.3, -0.25) is 9.59 Å². The van der Waals surface area contributed by atoms with Gasteiger partial charge in [-0.25, -0.2) is 0 Å². The lowest BCUT2D eigenvalue weighted by molar-refractivity contribution is -0.138. The van der Waals surface area contributed by atoms with E-state index in [0.717, 1.165) is 54.1 Å². The Balaban J connectivity index is 1.30. The first kappa shape index (κ1) is 25.8. The Kier molecular flexibility index (Phi) is 8.36. The minimum absolute atomic E-state index is 0.0358. The molecule has 0 aliphatic carbocycles. The first-order valence-electron chi connectivity index (χ1n) is 12.6. The summed E-state index contributed by atoms with van der Waals surface area (Å²) in [6.07, 6.45) is 3.04. The van der Waals surface area contributed by atoms with Crippen LogP contribution in [0.2, 0.25) is 0 Å². The molecular formula is C28H37N3O5. The van der Waals surface area contributed by atoms with E-state index in [0.29, 0.717) is 38.3 Å². The van der Waals surface area contributed by atoms with Crippen molar-refractivity contribution in [2.24, 2.45) is 5.92 Å². The Bertz CT molecular complexity index is 1100. The fourth-order valence-corrected chi connectivity index (χ4v) is 5.17. The zero-order chi connectivity index (χ0) is 25.7. The molecule has 1 unspecified atom stereocenters. The lowest BCUT2D eigenvalue weighted by Crippen LogP contribution is -2.46. The summed E-state index contributed by atoms with van der Waals surface area (Å²) < 4.78 is 16.2. The maximum atomic E-state index is 13.4. The van der Waals surface area contributed by atoms with Crippen molar-refractivity contribution < 1.29 is 23.8 Å². The Morgan fingerprint density at radius 2 is 1.69 bits per heavy atom. The number of benzene rings is 2. The molecule has 2 amide bonds. The van der Waals surface area contributed by atoms with Crippen molar-refractivity contribution in [3.05, 3.63) is 47.0 Å². The van der Waals surface area contributed by atoms with Crippen molar-refractivity contribution in [3.8, 4) is 17.2 Å². The molecule has 36 heavy (non-hydrogen) atoms. The van der Waals surface area contributed by atoms with Crippen LogP contribution in [0.3, 0.4) is 0 Å².